The Kier molecular flexibility index (Phi) is 2.34. The van der Waals surface area contributed by atoms with Crippen molar-refractivity contribution in [2.45, 2.75) is 33.2 Å². The summed E-state index contributed by atoms with van der Waals surface area (Å²) in [6.45, 7) is 8.73. The molecule has 1 aromatic carbocycles. The van der Waals surface area contributed by atoms with Crippen molar-refractivity contribution in [3.05, 3.63) is 47.4 Å². The first-order chi connectivity index (χ1) is 6.97. The van der Waals surface area contributed by atoms with Gasteiger partial charge in [0.25, 0.3) is 0 Å². The van der Waals surface area contributed by atoms with Gasteiger partial charge in [0.05, 0.1) is 0 Å². The smallest absolute Gasteiger partial charge is 0.0416 e. The van der Waals surface area contributed by atoms with Gasteiger partial charge in [-0.05, 0) is 38.8 Å². The van der Waals surface area contributed by atoms with E-state index in [9.17, 15) is 0 Å². The summed E-state index contributed by atoms with van der Waals surface area (Å²) in [6.07, 6.45) is 2.24. The zero-order chi connectivity index (χ0) is 11.1. The summed E-state index contributed by atoms with van der Waals surface area (Å²) in [6, 6.07) is 8.52. The summed E-state index contributed by atoms with van der Waals surface area (Å²) in [5, 5.41) is 3.57. The monoisotopic (exact) mass is 200 g/mol. The molecule has 0 spiro atoms. The molecule has 0 atom stereocenters. The molecule has 0 saturated heterocycles. The second-order valence-electron chi connectivity index (χ2n) is 5.16. The van der Waals surface area contributed by atoms with Gasteiger partial charge in [-0.15, -0.1) is 0 Å². The molecule has 0 aromatic heterocycles. The van der Waals surface area contributed by atoms with E-state index < -0.39 is 0 Å². The topological polar surface area (TPSA) is 12.0 Å². The SMILES string of the molecule is CC1=C(NC(C)(C)C)c2ccccc2[CH]1. The van der Waals surface area contributed by atoms with Gasteiger partial charge in [0.2, 0.25) is 0 Å². The molecule has 1 aromatic rings. The highest BCUT2D eigenvalue weighted by atomic mass is 15.0. The van der Waals surface area contributed by atoms with Gasteiger partial charge < -0.3 is 5.32 Å². The van der Waals surface area contributed by atoms with E-state index in [2.05, 4.69) is 63.7 Å². The molecule has 0 aliphatic heterocycles. The molecule has 15 heavy (non-hydrogen) atoms. The van der Waals surface area contributed by atoms with Crippen LogP contribution in [0.3, 0.4) is 0 Å². The van der Waals surface area contributed by atoms with Crippen molar-refractivity contribution in [2.75, 3.05) is 0 Å². The van der Waals surface area contributed by atoms with Crippen molar-refractivity contribution in [2.24, 2.45) is 0 Å². The molecule has 0 saturated carbocycles. The third-order valence-corrected chi connectivity index (χ3v) is 2.50. The fourth-order valence-electron chi connectivity index (χ4n) is 1.91. The quantitative estimate of drug-likeness (QED) is 0.733. The number of allylic oxidation sites excluding steroid dienone is 1. The number of benzene rings is 1. The van der Waals surface area contributed by atoms with Gasteiger partial charge in [0, 0.05) is 23.2 Å². The highest BCUT2D eigenvalue weighted by Gasteiger charge is 2.21. The number of rotatable bonds is 1. The lowest BCUT2D eigenvalue weighted by molar-refractivity contribution is 0.501. The van der Waals surface area contributed by atoms with Crippen molar-refractivity contribution < 1.29 is 0 Å². The van der Waals surface area contributed by atoms with E-state index in [0.717, 1.165) is 0 Å². The van der Waals surface area contributed by atoms with Gasteiger partial charge in [-0.25, -0.2) is 0 Å². The zero-order valence-electron chi connectivity index (χ0n) is 9.89. The average molecular weight is 200 g/mol. The van der Waals surface area contributed by atoms with Crippen molar-refractivity contribution in [1.82, 2.24) is 5.32 Å². The maximum absolute atomic E-state index is 3.57. The van der Waals surface area contributed by atoms with Crippen LogP contribution in [-0.4, -0.2) is 5.54 Å². The number of nitrogens with one attached hydrogen (secondary N) is 1. The highest BCUT2D eigenvalue weighted by molar-refractivity contribution is 5.79. The molecule has 1 radical (unpaired) electrons. The average Bonchev–Trinajstić information content (AvgIpc) is 2.41. The van der Waals surface area contributed by atoms with Crippen LogP contribution >= 0.6 is 0 Å². The summed E-state index contributed by atoms with van der Waals surface area (Å²) in [4.78, 5) is 0. The number of hydrogen-bond acceptors (Lipinski definition) is 1. The Morgan fingerprint density at radius 2 is 1.73 bits per heavy atom. The molecule has 0 fully saturated rings. The second kappa shape index (κ2) is 3.41. The summed E-state index contributed by atoms with van der Waals surface area (Å²) in [5.41, 5.74) is 5.36. The standard InChI is InChI=1S/C14H18N/c1-10-9-11-7-5-6-8-12(11)13(10)15-14(2,3)4/h5-9,15H,1-4H3. The van der Waals surface area contributed by atoms with Crippen molar-refractivity contribution in [3.63, 3.8) is 0 Å². The van der Waals surface area contributed by atoms with E-state index >= 15 is 0 Å². The minimum absolute atomic E-state index is 0.113. The first-order valence-electron chi connectivity index (χ1n) is 5.40. The third-order valence-electron chi connectivity index (χ3n) is 2.50. The first kappa shape index (κ1) is 10.3. The van der Waals surface area contributed by atoms with Crippen LogP contribution in [0.5, 0.6) is 0 Å². The van der Waals surface area contributed by atoms with Gasteiger partial charge in [-0.2, -0.15) is 0 Å². The third kappa shape index (κ3) is 2.06. The van der Waals surface area contributed by atoms with E-state index in [1.54, 1.807) is 0 Å². The van der Waals surface area contributed by atoms with Crippen molar-refractivity contribution in [1.29, 1.82) is 0 Å². The molecule has 0 bridgehead atoms. The van der Waals surface area contributed by atoms with E-state index in [1.165, 1.54) is 22.4 Å². The van der Waals surface area contributed by atoms with Crippen molar-refractivity contribution in [3.8, 4) is 0 Å². The minimum Gasteiger partial charge on any atom is -0.380 e. The summed E-state index contributed by atoms with van der Waals surface area (Å²) < 4.78 is 0. The Balaban J connectivity index is 2.36. The molecule has 1 heteroatoms. The molecule has 79 valence electrons. The van der Waals surface area contributed by atoms with Crippen LogP contribution in [0.1, 0.15) is 38.8 Å². The molecule has 1 aliphatic rings. The van der Waals surface area contributed by atoms with Crippen molar-refractivity contribution >= 4 is 5.70 Å². The maximum Gasteiger partial charge on any atom is 0.0416 e. The molecule has 1 N–H and O–H groups in total. The zero-order valence-corrected chi connectivity index (χ0v) is 9.89. The highest BCUT2D eigenvalue weighted by Crippen LogP contribution is 2.33. The van der Waals surface area contributed by atoms with Gasteiger partial charge in [0.15, 0.2) is 0 Å². The van der Waals surface area contributed by atoms with Crippen LogP contribution in [-0.2, 0) is 0 Å². The largest absolute Gasteiger partial charge is 0.380 e. The number of fused-ring (bicyclic) bond motifs is 1. The predicted molar refractivity (Wildman–Crippen MR) is 65.3 cm³/mol. The Morgan fingerprint density at radius 3 is 2.40 bits per heavy atom. The van der Waals surface area contributed by atoms with Gasteiger partial charge in [0.1, 0.15) is 0 Å². The lowest BCUT2D eigenvalue weighted by Gasteiger charge is -2.24. The molecular weight excluding hydrogens is 182 g/mol. The predicted octanol–water partition coefficient (Wildman–Crippen LogP) is 3.37. The van der Waals surface area contributed by atoms with Gasteiger partial charge >= 0.3 is 0 Å². The van der Waals surface area contributed by atoms with Gasteiger partial charge in [-0.1, -0.05) is 24.3 Å². The lowest BCUT2D eigenvalue weighted by Crippen LogP contribution is -2.34. The second-order valence-corrected chi connectivity index (χ2v) is 5.16. The molecule has 0 unspecified atom stereocenters. The molecule has 0 heterocycles. The van der Waals surface area contributed by atoms with Gasteiger partial charge in [-0.3, -0.25) is 0 Å². The fraction of sp³-hybridized carbons (Fsp3) is 0.357. The molecule has 1 nitrogen and oxygen atoms in total. The summed E-state index contributed by atoms with van der Waals surface area (Å²) >= 11 is 0. The Bertz CT molecular complexity index is 408. The minimum atomic E-state index is 0.113. The molecule has 2 rings (SSSR count). The van der Waals surface area contributed by atoms with E-state index in [0.29, 0.717) is 0 Å². The summed E-state index contributed by atoms with van der Waals surface area (Å²) in [7, 11) is 0. The van der Waals surface area contributed by atoms with E-state index in [-0.39, 0.29) is 5.54 Å². The van der Waals surface area contributed by atoms with Crippen LogP contribution in [0.4, 0.5) is 0 Å². The van der Waals surface area contributed by atoms with Crippen LogP contribution in [0.25, 0.3) is 5.70 Å². The Hall–Kier alpha value is -1.24. The Labute approximate surface area is 92.2 Å². The maximum atomic E-state index is 3.57. The van der Waals surface area contributed by atoms with Crippen LogP contribution < -0.4 is 5.32 Å². The Morgan fingerprint density at radius 1 is 1.07 bits per heavy atom. The van der Waals surface area contributed by atoms with Crippen LogP contribution in [0.2, 0.25) is 0 Å². The van der Waals surface area contributed by atoms with E-state index in [4.69, 9.17) is 0 Å². The number of hydrogen-bond donors (Lipinski definition) is 1. The fourth-order valence-corrected chi connectivity index (χ4v) is 1.91. The summed E-state index contributed by atoms with van der Waals surface area (Å²) in [5.74, 6) is 0. The van der Waals surface area contributed by atoms with Crippen LogP contribution in [0, 0.1) is 6.42 Å². The normalized spacial score (nSPS) is 15.5. The molecule has 1 aliphatic carbocycles. The lowest BCUT2D eigenvalue weighted by atomic mass is 10.1. The van der Waals surface area contributed by atoms with E-state index in [1.807, 2.05) is 0 Å². The molecular formula is C14H18N. The first-order valence-corrected chi connectivity index (χ1v) is 5.40. The molecule has 0 amide bonds. The van der Waals surface area contributed by atoms with Crippen LogP contribution in [0.15, 0.2) is 29.8 Å².